The molecule has 0 atom stereocenters. The van der Waals surface area contributed by atoms with E-state index in [0.717, 1.165) is 22.6 Å². The Balaban J connectivity index is 1.59. The molecule has 0 saturated heterocycles. The average molecular weight is 462 g/mol. The van der Waals surface area contributed by atoms with Gasteiger partial charge in [0.15, 0.2) is 11.4 Å². The minimum absolute atomic E-state index is 0.0551. The predicted octanol–water partition coefficient (Wildman–Crippen LogP) is 6.49. The van der Waals surface area contributed by atoms with Gasteiger partial charge in [-0.05, 0) is 67.8 Å². The highest BCUT2D eigenvalue weighted by molar-refractivity contribution is 7.17. The molecule has 3 rings (SSSR count). The van der Waals surface area contributed by atoms with Crippen LogP contribution in [0.1, 0.15) is 41.1 Å². The van der Waals surface area contributed by atoms with E-state index in [9.17, 15) is 22.8 Å². The fourth-order valence-electron chi connectivity index (χ4n) is 2.91. The number of hydrogen-bond acceptors (Lipinski definition) is 4. The van der Waals surface area contributed by atoms with E-state index in [1.165, 1.54) is 37.3 Å². The van der Waals surface area contributed by atoms with Crippen LogP contribution in [0.5, 0.6) is 5.75 Å². The van der Waals surface area contributed by atoms with E-state index in [4.69, 9.17) is 9.84 Å². The Labute approximate surface area is 187 Å². The molecular weight excluding hydrogens is 441 g/mol. The van der Waals surface area contributed by atoms with Gasteiger partial charge in [-0.25, -0.2) is 4.79 Å². The van der Waals surface area contributed by atoms with Crippen LogP contribution in [0.15, 0.2) is 60.7 Å². The number of thiophene rings is 1. The summed E-state index contributed by atoms with van der Waals surface area (Å²) in [6.07, 6.45) is -3.62. The van der Waals surface area contributed by atoms with E-state index in [-0.39, 0.29) is 12.2 Å². The van der Waals surface area contributed by atoms with Crippen molar-refractivity contribution >= 4 is 23.1 Å². The Kier molecular flexibility index (Phi) is 6.74. The lowest BCUT2D eigenvalue weighted by atomic mass is 10.1. The quantitative estimate of drug-likeness (QED) is 0.389. The van der Waals surface area contributed by atoms with Crippen molar-refractivity contribution in [3.63, 3.8) is 0 Å². The second-order valence-corrected chi connectivity index (χ2v) is 8.81. The van der Waals surface area contributed by atoms with E-state index in [2.05, 4.69) is 0 Å². The van der Waals surface area contributed by atoms with Crippen molar-refractivity contribution < 1.29 is 32.6 Å². The molecule has 1 aromatic heterocycles. The molecule has 0 amide bonds. The summed E-state index contributed by atoms with van der Waals surface area (Å²) in [7, 11) is 0. The summed E-state index contributed by atoms with van der Waals surface area (Å²) in [5.41, 5.74) is -0.529. The number of alkyl halides is 3. The van der Waals surface area contributed by atoms with Crippen molar-refractivity contribution in [2.75, 3.05) is 0 Å². The average Bonchev–Trinajstić information content (AvgIpc) is 3.22. The van der Waals surface area contributed by atoms with Crippen molar-refractivity contribution in [1.82, 2.24) is 0 Å². The van der Waals surface area contributed by atoms with Crippen molar-refractivity contribution in [2.24, 2.45) is 0 Å². The van der Waals surface area contributed by atoms with E-state index >= 15 is 0 Å². The van der Waals surface area contributed by atoms with Crippen LogP contribution in [0.2, 0.25) is 0 Å². The number of ketones is 1. The number of carboxylic acids is 1. The van der Waals surface area contributed by atoms with Gasteiger partial charge >= 0.3 is 12.1 Å². The number of carbonyl (C=O) groups excluding carboxylic acids is 1. The van der Waals surface area contributed by atoms with E-state index in [1.54, 1.807) is 36.4 Å². The van der Waals surface area contributed by atoms with Crippen LogP contribution in [-0.2, 0) is 17.4 Å². The third-order valence-electron chi connectivity index (χ3n) is 4.83. The van der Waals surface area contributed by atoms with Crippen LogP contribution in [-0.4, -0.2) is 22.5 Å². The van der Waals surface area contributed by atoms with Gasteiger partial charge in [0, 0.05) is 11.3 Å². The molecule has 4 nitrogen and oxygen atoms in total. The topological polar surface area (TPSA) is 63.6 Å². The molecule has 0 radical (unpaired) electrons. The summed E-state index contributed by atoms with van der Waals surface area (Å²) < 4.78 is 43.6. The molecule has 0 fully saturated rings. The van der Waals surface area contributed by atoms with Gasteiger partial charge in [-0.2, -0.15) is 13.2 Å². The molecule has 0 saturated carbocycles. The minimum Gasteiger partial charge on any atom is -0.478 e. The summed E-state index contributed by atoms with van der Waals surface area (Å²) in [6.45, 7) is 2.92. The van der Waals surface area contributed by atoms with Gasteiger partial charge in [0.1, 0.15) is 5.75 Å². The first-order valence-corrected chi connectivity index (χ1v) is 10.6. The number of benzene rings is 2. The third-order valence-corrected chi connectivity index (χ3v) is 6.01. The Morgan fingerprint density at radius 2 is 1.56 bits per heavy atom. The van der Waals surface area contributed by atoms with Crippen molar-refractivity contribution in [3.8, 4) is 16.2 Å². The fourth-order valence-corrected chi connectivity index (χ4v) is 3.89. The fraction of sp³-hybridized carbons (Fsp3) is 0.250. The number of carbonyl (C=O) groups is 2. The Morgan fingerprint density at radius 3 is 2.12 bits per heavy atom. The molecule has 1 N–H and O–H groups in total. The Hall–Kier alpha value is -3.13. The zero-order valence-corrected chi connectivity index (χ0v) is 18.2. The monoisotopic (exact) mass is 462 g/mol. The number of aliphatic carboxylic acids is 1. The molecule has 168 valence electrons. The van der Waals surface area contributed by atoms with Crippen molar-refractivity contribution in [3.05, 3.63) is 76.7 Å². The number of rotatable bonds is 8. The minimum atomic E-state index is -4.38. The highest BCUT2D eigenvalue weighted by Crippen LogP contribution is 2.33. The molecule has 8 heteroatoms. The van der Waals surface area contributed by atoms with Gasteiger partial charge in [0.05, 0.1) is 10.4 Å². The van der Waals surface area contributed by atoms with E-state index in [0.29, 0.717) is 22.6 Å². The Morgan fingerprint density at radius 1 is 0.938 bits per heavy atom. The second kappa shape index (κ2) is 9.16. The van der Waals surface area contributed by atoms with Gasteiger partial charge in [-0.15, -0.1) is 11.3 Å². The van der Waals surface area contributed by atoms with Gasteiger partial charge in [0.2, 0.25) is 0 Å². The van der Waals surface area contributed by atoms with Crippen LogP contribution in [0.25, 0.3) is 10.4 Å². The van der Waals surface area contributed by atoms with E-state index in [1.807, 2.05) is 0 Å². The largest absolute Gasteiger partial charge is 0.478 e. The lowest BCUT2D eigenvalue weighted by Crippen LogP contribution is -2.37. The molecule has 3 aromatic rings. The van der Waals surface area contributed by atoms with Gasteiger partial charge < -0.3 is 9.84 Å². The molecule has 32 heavy (non-hydrogen) atoms. The lowest BCUT2D eigenvalue weighted by Gasteiger charge is -2.21. The smallest absolute Gasteiger partial charge is 0.416 e. The lowest BCUT2D eigenvalue weighted by molar-refractivity contribution is -0.152. The molecule has 1 heterocycles. The van der Waals surface area contributed by atoms with Crippen LogP contribution >= 0.6 is 11.3 Å². The molecule has 0 bridgehead atoms. The summed E-state index contributed by atoms with van der Waals surface area (Å²) in [4.78, 5) is 25.0. The first-order chi connectivity index (χ1) is 15.0. The Bertz CT molecular complexity index is 1100. The maximum Gasteiger partial charge on any atom is 0.416 e. The van der Waals surface area contributed by atoms with Gasteiger partial charge in [0.25, 0.3) is 0 Å². The van der Waals surface area contributed by atoms with Crippen molar-refractivity contribution in [1.29, 1.82) is 0 Å². The molecule has 0 aliphatic heterocycles. The molecular formula is C24H21F3O4S. The van der Waals surface area contributed by atoms with Crippen molar-refractivity contribution in [2.45, 2.75) is 38.5 Å². The first-order valence-electron chi connectivity index (χ1n) is 9.78. The first kappa shape index (κ1) is 23.5. The summed E-state index contributed by atoms with van der Waals surface area (Å²) >= 11 is 1.25. The standard InChI is InChI=1S/C24H21F3O4S/c1-23(2,22(29)30)31-18-10-3-15(4-11-18)5-12-19(28)21-14-13-20(32-21)16-6-8-17(9-7-16)24(25,26)27/h3-4,6-11,13-14H,5,12H2,1-2H3,(H,29,30). The summed E-state index contributed by atoms with van der Waals surface area (Å²) in [6, 6.07) is 15.2. The van der Waals surface area contributed by atoms with E-state index < -0.39 is 23.3 Å². The second-order valence-electron chi connectivity index (χ2n) is 7.72. The molecule has 2 aromatic carbocycles. The van der Waals surface area contributed by atoms with Crippen LogP contribution < -0.4 is 4.74 Å². The highest BCUT2D eigenvalue weighted by Gasteiger charge is 2.30. The number of carboxylic acid groups (broad SMARTS) is 1. The zero-order chi connectivity index (χ0) is 23.5. The number of ether oxygens (including phenoxy) is 1. The molecule has 0 spiro atoms. The zero-order valence-electron chi connectivity index (χ0n) is 17.4. The van der Waals surface area contributed by atoms with Gasteiger partial charge in [-0.1, -0.05) is 24.3 Å². The van der Waals surface area contributed by atoms with Crippen LogP contribution in [0.3, 0.4) is 0 Å². The summed E-state index contributed by atoms with van der Waals surface area (Å²) in [5, 5.41) is 9.12. The molecule has 0 aliphatic carbocycles. The normalized spacial score (nSPS) is 11.9. The molecule has 0 unspecified atom stereocenters. The number of hydrogen-bond donors (Lipinski definition) is 1. The van der Waals surface area contributed by atoms with Gasteiger partial charge in [-0.3, -0.25) is 4.79 Å². The number of Topliss-reactive ketones (excluding diaryl/α,β-unsaturated/α-hetero) is 1. The van der Waals surface area contributed by atoms with Crippen LogP contribution in [0, 0.1) is 0 Å². The maximum atomic E-state index is 12.7. The SMILES string of the molecule is CC(C)(Oc1ccc(CCC(=O)c2ccc(-c3ccc(C(F)(F)F)cc3)s2)cc1)C(=O)O. The number of aryl methyl sites for hydroxylation is 1. The number of halogens is 3. The summed E-state index contributed by atoms with van der Waals surface area (Å²) in [5.74, 6) is -0.703. The predicted molar refractivity (Wildman–Crippen MR) is 116 cm³/mol. The third kappa shape index (κ3) is 5.76. The molecule has 0 aliphatic rings. The maximum absolute atomic E-state index is 12.7. The highest BCUT2D eigenvalue weighted by atomic mass is 32.1. The van der Waals surface area contributed by atoms with Crippen LogP contribution in [0.4, 0.5) is 13.2 Å².